The van der Waals surface area contributed by atoms with Gasteiger partial charge in [0.25, 0.3) is 10.0 Å². The molecule has 0 spiro atoms. The van der Waals surface area contributed by atoms with Gasteiger partial charge < -0.3 is 0 Å². The Balaban J connectivity index is 2.42. The van der Waals surface area contributed by atoms with Crippen LogP contribution in [-0.2, 0) is 16.2 Å². The highest BCUT2D eigenvalue weighted by molar-refractivity contribution is 9.10. The van der Waals surface area contributed by atoms with Gasteiger partial charge in [0.2, 0.25) is 0 Å². The third-order valence-corrected chi connectivity index (χ3v) is 4.94. The van der Waals surface area contributed by atoms with Gasteiger partial charge in [-0.2, -0.15) is 13.2 Å². The number of alkyl halides is 3. The minimum atomic E-state index is -4.67. The van der Waals surface area contributed by atoms with E-state index in [1.54, 1.807) is 6.07 Å². The fourth-order valence-electron chi connectivity index (χ4n) is 1.65. The summed E-state index contributed by atoms with van der Waals surface area (Å²) in [5.41, 5.74) is -0.912. The predicted molar refractivity (Wildman–Crippen MR) is 81.4 cm³/mol. The molecule has 9 heteroatoms. The van der Waals surface area contributed by atoms with Crippen molar-refractivity contribution in [3.8, 4) is 0 Å². The van der Waals surface area contributed by atoms with Gasteiger partial charge in [-0.15, -0.1) is 0 Å². The van der Waals surface area contributed by atoms with Crippen molar-refractivity contribution in [1.29, 1.82) is 0 Å². The SMILES string of the molecule is O=S(=O)(Nc1cccc(Cl)c1)c1ccc(Br)c(C(F)(F)F)c1. The van der Waals surface area contributed by atoms with Crippen molar-refractivity contribution < 1.29 is 21.6 Å². The first-order valence-electron chi connectivity index (χ1n) is 5.75. The van der Waals surface area contributed by atoms with Gasteiger partial charge in [0.1, 0.15) is 0 Å². The van der Waals surface area contributed by atoms with E-state index in [-0.39, 0.29) is 10.2 Å². The first-order valence-corrected chi connectivity index (χ1v) is 8.40. The Morgan fingerprint density at radius 2 is 1.77 bits per heavy atom. The predicted octanol–water partition coefficient (Wildman–Crippen LogP) is 4.92. The molecule has 0 aliphatic carbocycles. The van der Waals surface area contributed by atoms with E-state index in [1.165, 1.54) is 18.2 Å². The lowest BCUT2D eigenvalue weighted by Gasteiger charge is -2.12. The number of hydrogen-bond donors (Lipinski definition) is 1. The topological polar surface area (TPSA) is 46.2 Å². The number of benzene rings is 2. The molecule has 0 radical (unpaired) electrons. The van der Waals surface area contributed by atoms with E-state index in [1.807, 2.05) is 0 Å². The third kappa shape index (κ3) is 3.93. The molecule has 2 aromatic carbocycles. The summed E-state index contributed by atoms with van der Waals surface area (Å²) in [6, 6.07) is 8.53. The Kier molecular flexibility index (Phi) is 4.74. The summed E-state index contributed by atoms with van der Waals surface area (Å²) < 4.78 is 64.8. The summed E-state index contributed by atoms with van der Waals surface area (Å²) in [5, 5.41) is 0.298. The third-order valence-electron chi connectivity index (χ3n) is 2.63. The van der Waals surface area contributed by atoms with Gasteiger partial charge in [-0.3, -0.25) is 4.72 Å². The molecule has 0 atom stereocenters. The highest BCUT2D eigenvalue weighted by atomic mass is 79.9. The van der Waals surface area contributed by atoms with Crippen molar-refractivity contribution in [1.82, 2.24) is 0 Å². The lowest BCUT2D eigenvalue weighted by molar-refractivity contribution is -0.138. The Labute approximate surface area is 138 Å². The lowest BCUT2D eigenvalue weighted by Crippen LogP contribution is -2.15. The van der Waals surface area contributed by atoms with Crippen LogP contribution in [0.5, 0.6) is 0 Å². The maximum absolute atomic E-state index is 12.8. The molecule has 3 nitrogen and oxygen atoms in total. The normalized spacial score (nSPS) is 12.2. The monoisotopic (exact) mass is 413 g/mol. The molecule has 0 saturated heterocycles. The summed E-state index contributed by atoms with van der Waals surface area (Å²) in [7, 11) is -4.16. The Bertz CT molecular complexity index is 809. The molecule has 0 fully saturated rings. The van der Waals surface area contributed by atoms with Crippen LogP contribution in [0.4, 0.5) is 18.9 Å². The Morgan fingerprint density at radius 1 is 1.09 bits per heavy atom. The number of halogens is 5. The van der Waals surface area contributed by atoms with Crippen molar-refractivity contribution in [2.24, 2.45) is 0 Å². The number of sulfonamides is 1. The summed E-state index contributed by atoms with van der Waals surface area (Å²) >= 11 is 8.49. The van der Waals surface area contributed by atoms with E-state index in [0.717, 1.165) is 12.1 Å². The molecule has 2 aromatic rings. The van der Waals surface area contributed by atoms with Crippen LogP contribution in [0.3, 0.4) is 0 Å². The molecular weight excluding hydrogens is 407 g/mol. The Morgan fingerprint density at radius 3 is 2.36 bits per heavy atom. The van der Waals surface area contributed by atoms with Crippen LogP contribution in [0.2, 0.25) is 5.02 Å². The van der Waals surface area contributed by atoms with Crippen LogP contribution < -0.4 is 4.72 Å². The van der Waals surface area contributed by atoms with E-state index >= 15 is 0 Å². The summed E-state index contributed by atoms with van der Waals surface area (Å²) in [5.74, 6) is 0. The minimum Gasteiger partial charge on any atom is -0.280 e. The zero-order chi connectivity index (χ0) is 16.5. The van der Waals surface area contributed by atoms with E-state index < -0.39 is 26.7 Å². The molecule has 0 aromatic heterocycles. The molecule has 0 aliphatic heterocycles. The quantitative estimate of drug-likeness (QED) is 0.775. The number of hydrogen-bond acceptors (Lipinski definition) is 2. The van der Waals surface area contributed by atoms with Crippen LogP contribution in [0.25, 0.3) is 0 Å². The molecule has 0 bridgehead atoms. The van der Waals surface area contributed by atoms with Crippen molar-refractivity contribution in [2.45, 2.75) is 11.1 Å². The molecule has 0 unspecified atom stereocenters. The fraction of sp³-hybridized carbons (Fsp3) is 0.0769. The highest BCUT2D eigenvalue weighted by Gasteiger charge is 2.34. The number of rotatable bonds is 3. The van der Waals surface area contributed by atoms with Gasteiger partial charge in [-0.1, -0.05) is 33.6 Å². The summed E-state index contributed by atoms with van der Waals surface area (Å²) in [4.78, 5) is -0.497. The van der Waals surface area contributed by atoms with Crippen molar-refractivity contribution >= 4 is 43.2 Å². The molecule has 0 saturated carbocycles. The fourth-order valence-corrected chi connectivity index (χ4v) is 3.39. The molecule has 22 heavy (non-hydrogen) atoms. The second-order valence-corrected chi connectivity index (χ2v) is 7.23. The number of anilines is 1. The van der Waals surface area contributed by atoms with Gasteiger partial charge in [0.05, 0.1) is 16.1 Å². The molecule has 0 aliphatic rings. The zero-order valence-corrected chi connectivity index (χ0v) is 13.8. The molecule has 0 amide bonds. The van der Waals surface area contributed by atoms with Crippen LogP contribution in [0, 0.1) is 0 Å². The Hall–Kier alpha value is -1.25. The number of nitrogens with one attached hydrogen (secondary N) is 1. The van der Waals surface area contributed by atoms with Crippen LogP contribution in [0.15, 0.2) is 51.8 Å². The maximum atomic E-state index is 12.8. The summed E-state index contributed by atoms with van der Waals surface area (Å²) in [6.07, 6.45) is -4.67. The van der Waals surface area contributed by atoms with Gasteiger partial charge >= 0.3 is 6.18 Å². The van der Waals surface area contributed by atoms with E-state index in [9.17, 15) is 21.6 Å². The average molecular weight is 415 g/mol. The lowest BCUT2D eigenvalue weighted by atomic mass is 10.2. The second kappa shape index (κ2) is 6.10. The van der Waals surface area contributed by atoms with Crippen LogP contribution >= 0.6 is 27.5 Å². The van der Waals surface area contributed by atoms with Gasteiger partial charge in [-0.05, 0) is 36.4 Å². The molecular formula is C13H8BrClF3NO2S. The van der Waals surface area contributed by atoms with Gasteiger partial charge in [-0.25, -0.2) is 8.42 Å². The van der Waals surface area contributed by atoms with E-state index in [2.05, 4.69) is 20.7 Å². The van der Waals surface area contributed by atoms with Crippen molar-refractivity contribution in [3.05, 3.63) is 57.5 Å². The van der Waals surface area contributed by atoms with Crippen molar-refractivity contribution in [3.63, 3.8) is 0 Å². The smallest absolute Gasteiger partial charge is 0.280 e. The van der Waals surface area contributed by atoms with Crippen LogP contribution in [0.1, 0.15) is 5.56 Å². The van der Waals surface area contributed by atoms with Gasteiger partial charge in [0, 0.05) is 9.50 Å². The standard InChI is InChI=1S/C13H8BrClF3NO2S/c14-12-5-4-10(7-11(12)13(16,17)18)22(20,21)19-9-3-1-2-8(15)6-9/h1-7,19H. The minimum absolute atomic E-state index is 0.156. The van der Waals surface area contributed by atoms with E-state index in [4.69, 9.17) is 11.6 Å². The zero-order valence-electron chi connectivity index (χ0n) is 10.7. The average Bonchev–Trinajstić information content (AvgIpc) is 2.36. The van der Waals surface area contributed by atoms with E-state index in [0.29, 0.717) is 11.1 Å². The maximum Gasteiger partial charge on any atom is 0.417 e. The molecule has 0 heterocycles. The second-order valence-electron chi connectivity index (χ2n) is 4.26. The van der Waals surface area contributed by atoms with Crippen LogP contribution in [-0.4, -0.2) is 8.42 Å². The largest absolute Gasteiger partial charge is 0.417 e. The molecule has 1 N–H and O–H groups in total. The molecule has 2 rings (SSSR count). The highest BCUT2D eigenvalue weighted by Crippen LogP contribution is 2.36. The summed E-state index contributed by atoms with van der Waals surface area (Å²) in [6.45, 7) is 0. The van der Waals surface area contributed by atoms with Gasteiger partial charge in [0.15, 0.2) is 0 Å². The first kappa shape index (κ1) is 17.1. The molecule has 118 valence electrons. The first-order chi connectivity index (χ1) is 10.1. The van der Waals surface area contributed by atoms with Crippen molar-refractivity contribution in [2.75, 3.05) is 4.72 Å².